The van der Waals surface area contributed by atoms with Gasteiger partial charge in [-0.25, -0.2) is 8.42 Å². The normalized spacial score (nSPS) is 11.1. The van der Waals surface area contributed by atoms with E-state index in [-0.39, 0.29) is 16.3 Å². The Morgan fingerprint density at radius 3 is 2.47 bits per heavy atom. The van der Waals surface area contributed by atoms with Gasteiger partial charge in [0, 0.05) is 16.6 Å². The predicted octanol–water partition coefficient (Wildman–Crippen LogP) is 2.53. The molecule has 80 valence electrons. The van der Waals surface area contributed by atoms with Crippen LogP contribution >= 0.6 is 22.3 Å². The van der Waals surface area contributed by atoms with Gasteiger partial charge in [0.2, 0.25) is 0 Å². The quantitative estimate of drug-likeness (QED) is 0.609. The molecule has 0 spiro atoms. The van der Waals surface area contributed by atoms with Crippen molar-refractivity contribution < 1.29 is 8.42 Å². The largest absolute Gasteiger partial charge is 0.262 e. The highest BCUT2D eigenvalue weighted by Crippen LogP contribution is 2.26. The average molecular weight is 264 g/mol. The number of benzene rings is 1. The minimum Gasteiger partial charge on any atom is -0.207 e. The molecule has 0 saturated carbocycles. The fraction of sp³-hybridized carbons (Fsp3) is 0.222. The van der Waals surface area contributed by atoms with Crippen LogP contribution in [0.1, 0.15) is 16.7 Å². The molecular weight excluding hydrogens is 257 g/mol. The van der Waals surface area contributed by atoms with Crippen LogP contribution in [0.4, 0.5) is 0 Å². The molecular formula is C9H7Cl2NO2S. The molecule has 0 saturated heterocycles. The molecule has 1 aromatic rings. The topological polar surface area (TPSA) is 57.9 Å². The first kappa shape index (κ1) is 12.3. The van der Waals surface area contributed by atoms with Gasteiger partial charge < -0.3 is 0 Å². The van der Waals surface area contributed by atoms with Crippen molar-refractivity contribution in [2.45, 2.75) is 17.7 Å². The molecule has 0 atom stereocenters. The summed E-state index contributed by atoms with van der Waals surface area (Å²) in [6.45, 7) is 1.75. The van der Waals surface area contributed by atoms with E-state index in [0.29, 0.717) is 5.56 Å². The molecule has 15 heavy (non-hydrogen) atoms. The Balaban J connectivity index is 3.69. The zero-order valence-electron chi connectivity index (χ0n) is 7.79. The lowest BCUT2D eigenvalue weighted by atomic mass is 10.1. The summed E-state index contributed by atoms with van der Waals surface area (Å²) in [7, 11) is 1.30. The number of alkyl halides is 1. The number of nitrogens with zero attached hydrogens (tertiary/aromatic N) is 1. The molecule has 6 heteroatoms. The third kappa shape index (κ3) is 2.63. The lowest BCUT2D eigenvalue weighted by Crippen LogP contribution is -2.01. The van der Waals surface area contributed by atoms with Gasteiger partial charge in [0.15, 0.2) is 0 Å². The van der Waals surface area contributed by atoms with Crippen molar-refractivity contribution in [3.8, 4) is 6.07 Å². The first-order valence-electron chi connectivity index (χ1n) is 3.94. The smallest absolute Gasteiger partial charge is 0.207 e. The van der Waals surface area contributed by atoms with Crippen molar-refractivity contribution in [1.29, 1.82) is 5.26 Å². The van der Waals surface area contributed by atoms with E-state index >= 15 is 0 Å². The van der Waals surface area contributed by atoms with Gasteiger partial charge in [0.05, 0.1) is 5.56 Å². The van der Waals surface area contributed by atoms with Crippen LogP contribution in [0, 0.1) is 18.3 Å². The summed E-state index contributed by atoms with van der Waals surface area (Å²) in [4.78, 5) is -0.188. The summed E-state index contributed by atoms with van der Waals surface area (Å²) in [6.07, 6.45) is 0. The minimum atomic E-state index is -3.94. The summed E-state index contributed by atoms with van der Waals surface area (Å²) in [6, 6.07) is 4.86. The second kappa shape index (κ2) is 4.40. The van der Waals surface area contributed by atoms with E-state index in [0.717, 1.165) is 5.56 Å². The number of rotatable bonds is 2. The third-order valence-electron chi connectivity index (χ3n) is 1.82. The van der Waals surface area contributed by atoms with Crippen molar-refractivity contribution in [1.82, 2.24) is 0 Å². The number of hydrogen-bond donors (Lipinski definition) is 0. The Bertz CT molecular complexity index is 532. The molecule has 0 radical (unpaired) electrons. The number of aryl methyl sites for hydroxylation is 1. The molecule has 0 bridgehead atoms. The van der Waals surface area contributed by atoms with E-state index in [1.54, 1.807) is 19.1 Å². The molecule has 0 heterocycles. The van der Waals surface area contributed by atoms with E-state index in [1.807, 2.05) is 0 Å². The molecule has 0 aliphatic carbocycles. The zero-order chi connectivity index (χ0) is 11.6. The average Bonchev–Trinajstić information content (AvgIpc) is 2.14. The molecule has 0 aliphatic heterocycles. The highest BCUT2D eigenvalue weighted by atomic mass is 35.7. The van der Waals surface area contributed by atoms with Gasteiger partial charge in [-0.05, 0) is 24.1 Å². The SMILES string of the molecule is Cc1cc(C#N)c(S(=O)(=O)Cl)c(CCl)c1. The number of hydrogen-bond acceptors (Lipinski definition) is 3. The van der Waals surface area contributed by atoms with Gasteiger partial charge in [-0.3, -0.25) is 0 Å². The predicted molar refractivity (Wildman–Crippen MR) is 58.5 cm³/mol. The Hall–Kier alpha value is -0.760. The maximum absolute atomic E-state index is 11.3. The van der Waals surface area contributed by atoms with Crippen molar-refractivity contribution >= 4 is 31.3 Å². The van der Waals surface area contributed by atoms with Crippen molar-refractivity contribution in [3.05, 3.63) is 28.8 Å². The number of nitriles is 1. The van der Waals surface area contributed by atoms with Gasteiger partial charge >= 0.3 is 0 Å². The second-order valence-electron chi connectivity index (χ2n) is 2.98. The Labute approximate surface area is 97.7 Å². The molecule has 1 aromatic carbocycles. The van der Waals surface area contributed by atoms with E-state index in [2.05, 4.69) is 0 Å². The molecule has 0 amide bonds. The van der Waals surface area contributed by atoms with E-state index in [9.17, 15) is 8.42 Å². The first-order valence-corrected chi connectivity index (χ1v) is 6.78. The van der Waals surface area contributed by atoms with Crippen molar-refractivity contribution in [3.63, 3.8) is 0 Å². The van der Waals surface area contributed by atoms with Crippen LogP contribution in [0.3, 0.4) is 0 Å². The van der Waals surface area contributed by atoms with Gasteiger partial charge in [-0.15, -0.1) is 11.6 Å². The van der Waals surface area contributed by atoms with Crippen LogP contribution in [0.5, 0.6) is 0 Å². The maximum atomic E-state index is 11.3. The van der Waals surface area contributed by atoms with Crippen LogP contribution in [0.2, 0.25) is 0 Å². The first-order chi connectivity index (χ1) is 6.90. The lowest BCUT2D eigenvalue weighted by Gasteiger charge is -2.07. The highest BCUT2D eigenvalue weighted by molar-refractivity contribution is 8.13. The van der Waals surface area contributed by atoms with Gasteiger partial charge in [0.1, 0.15) is 11.0 Å². The van der Waals surface area contributed by atoms with Crippen LogP contribution in [-0.2, 0) is 14.9 Å². The zero-order valence-corrected chi connectivity index (χ0v) is 10.1. The van der Waals surface area contributed by atoms with E-state index in [1.165, 1.54) is 6.07 Å². The molecule has 0 aliphatic rings. The van der Waals surface area contributed by atoms with E-state index < -0.39 is 9.05 Å². The molecule has 3 nitrogen and oxygen atoms in total. The van der Waals surface area contributed by atoms with Crippen LogP contribution < -0.4 is 0 Å². The lowest BCUT2D eigenvalue weighted by molar-refractivity contribution is 0.608. The number of halogens is 2. The van der Waals surface area contributed by atoms with Gasteiger partial charge in [-0.2, -0.15) is 5.26 Å². The van der Waals surface area contributed by atoms with Gasteiger partial charge in [-0.1, -0.05) is 6.07 Å². The summed E-state index contributed by atoms with van der Waals surface area (Å²) < 4.78 is 22.5. The summed E-state index contributed by atoms with van der Waals surface area (Å²) in [5.74, 6) is -0.00234. The monoisotopic (exact) mass is 263 g/mol. The summed E-state index contributed by atoms with van der Waals surface area (Å²) >= 11 is 5.61. The maximum Gasteiger partial charge on any atom is 0.262 e. The van der Waals surface area contributed by atoms with Gasteiger partial charge in [0.25, 0.3) is 9.05 Å². The van der Waals surface area contributed by atoms with Crippen LogP contribution in [0.15, 0.2) is 17.0 Å². The molecule has 0 fully saturated rings. The fourth-order valence-corrected chi connectivity index (χ4v) is 2.97. The van der Waals surface area contributed by atoms with Crippen molar-refractivity contribution in [2.24, 2.45) is 0 Å². The Morgan fingerprint density at radius 1 is 1.47 bits per heavy atom. The molecule has 0 N–H and O–H groups in total. The summed E-state index contributed by atoms with van der Waals surface area (Å²) in [5.41, 5.74) is 1.15. The van der Waals surface area contributed by atoms with E-state index in [4.69, 9.17) is 27.5 Å². The molecule has 0 unspecified atom stereocenters. The Kier molecular flexibility index (Phi) is 3.61. The standard InChI is InChI=1S/C9H7Cl2NO2S/c1-6-2-7(4-10)9(15(11,13)14)8(3-6)5-12/h2-3H,4H2,1H3. The van der Waals surface area contributed by atoms with Crippen LogP contribution in [0.25, 0.3) is 0 Å². The van der Waals surface area contributed by atoms with Crippen LogP contribution in [-0.4, -0.2) is 8.42 Å². The summed E-state index contributed by atoms with van der Waals surface area (Å²) in [5, 5.41) is 8.81. The fourth-order valence-electron chi connectivity index (χ4n) is 1.32. The highest BCUT2D eigenvalue weighted by Gasteiger charge is 2.20. The molecule has 1 rings (SSSR count). The molecule has 0 aromatic heterocycles. The Morgan fingerprint density at radius 2 is 2.07 bits per heavy atom. The third-order valence-corrected chi connectivity index (χ3v) is 3.54. The van der Waals surface area contributed by atoms with Crippen molar-refractivity contribution in [2.75, 3.05) is 0 Å². The second-order valence-corrected chi connectivity index (χ2v) is 5.75. The minimum absolute atomic E-state index is 0.00234.